The quantitative estimate of drug-likeness (QED) is 0.902. The van der Waals surface area contributed by atoms with Gasteiger partial charge in [0.05, 0.1) is 10.5 Å². The average molecular weight is 264 g/mol. The van der Waals surface area contributed by atoms with Crippen LogP contribution in [0.4, 0.5) is 8.78 Å². The van der Waals surface area contributed by atoms with Crippen LogP contribution in [0.25, 0.3) is 0 Å². The van der Waals surface area contributed by atoms with Gasteiger partial charge in [0.1, 0.15) is 0 Å². The lowest BCUT2D eigenvalue weighted by Crippen LogP contribution is -2.13. The van der Waals surface area contributed by atoms with Gasteiger partial charge in [-0.25, -0.2) is 13.2 Å². The number of carboxylic acids is 1. The second-order valence-electron chi connectivity index (χ2n) is 3.33. The summed E-state index contributed by atoms with van der Waals surface area (Å²) in [7, 11) is -4.76. The van der Waals surface area contributed by atoms with Crippen molar-refractivity contribution in [3.63, 3.8) is 0 Å². The van der Waals surface area contributed by atoms with E-state index in [2.05, 4.69) is 0 Å². The number of rotatable bonds is 4. The molecule has 1 rings (SSSR count). The molecular weight excluding hydrogens is 254 g/mol. The molecule has 0 bridgehead atoms. The zero-order valence-corrected chi connectivity index (χ0v) is 9.67. The van der Waals surface area contributed by atoms with E-state index in [-0.39, 0.29) is 5.56 Å². The number of aryl methyl sites for hydroxylation is 1. The maximum Gasteiger partial charge on any atom is 0.341 e. The van der Waals surface area contributed by atoms with Crippen molar-refractivity contribution in [2.45, 2.75) is 24.0 Å². The molecule has 1 aromatic carbocycles. The number of alkyl halides is 2. The molecule has 17 heavy (non-hydrogen) atoms. The van der Waals surface area contributed by atoms with Crippen molar-refractivity contribution >= 4 is 15.8 Å². The summed E-state index contributed by atoms with van der Waals surface area (Å²) in [6, 6.07) is 3.06. The molecule has 94 valence electrons. The summed E-state index contributed by atoms with van der Waals surface area (Å²) in [6.07, 6.45) is 0.354. The van der Waals surface area contributed by atoms with Gasteiger partial charge in [-0.15, -0.1) is 0 Å². The van der Waals surface area contributed by atoms with Crippen molar-refractivity contribution in [1.29, 1.82) is 0 Å². The number of benzene rings is 1. The number of carboxylic acid groups (broad SMARTS) is 1. The van der Waals surface area contributed by atoms with Crippen LogP contribution < -0.4 is 0 Å². The van der Waals surface area contributed by atoms with Crippen LogP contribution in [-0.4, -0.2) is 25.3 Å². The van der Waals surface area contributed by atoms with Gasteiger partial charge in [0, 0.05) is 0 Å². The molecular formula is C10H10F2O4S. The first-order valence-corrected chi connectivity index (χ1v) is 6.23. The molecule has 0 aromatic heterocycles. The molecule has 0 aliphatic rings. The number of halogens is 2. The molecule has 0 aliphatic carbocycles. The summed E-state index contributed by atoms with van der Waals surface area (Å²) < 4.78 is 47.1. The molecule has 0 unspecified atom stereocenters. The Bertz CT molecular complexity index is 537. The SMILES string of the molecule is CCc1cc(C(=O)O)cc(S(=O)(=O)C(F)F)c1. The summed E-state index contributed by atoms with van der Waals surface area (Å²) in [5.74, 6) is -4.91. The fourth-order valence-corrected chi connectivity index (χ4v) is 2.07. The second-order valence-corrected chi connectivity index (χ2v) is 5.25. The maximum atomic E-state index is 12.3. The van der Waals surface area contributed by atoms with Crippen LogP contribution in [0.5, 0.6) is 0 Å². The monoisotopic (exact) mass is 264 g/mol. The summed E-state index contributed by atoms with van der Waals surface area (Å²) in [5, 5.41) is 8.75. The van der Waals surface area contributed by atoms with E-state index >= 15 is 0 Å². The Morgan fingerprint density at radius 1 is 1.35 bits per heavy atom. The molecule has 0 spiro atoms. The highest BCUT2D eigenvalue weighted by molar-refractivity contribution is 7.91. The normalized spacial score (nSPS) is 11.8. The lowest BCUT2D eigenvalue weighted by Gasteiger charge is -2.07. The molecule has 0 aliphatic heterocycles. The molecule has 7 heteroatoms. The highest BCUT2D eigenvalue weighted by atomic mass is 32.2. The predicted octanol–water partition coefficient (Wildman–Crippen LogP) is 1.94. The van der Waals surface area contributed by atoms with Crippen LogP contribution >= 0.6 is 0 Å². The molecule has 1 aromatic rings. The van der Waals surface area contributed by atoms with Crippen LogP contribution in [-0.2, 0) is 16.3 Å². The Balaban J connectivity index is 3.45. The smallest absolute Gasteiger partial charge is 0.341 e. The first kappa shape index (κ1) is 13.6. The van der Waals surface area contributed by atoms with Gasteiger partial charge < -0.3 is 5.11 Å². The molecule has 1 N–H and O–H groups in total. The fraction of sp³-hybridized carbons (Fsp3) is 0.300. The van der Waals surface area contributed by atoms with Crippen molar-refractivity contribution in [2.75, 3.05) is 0 Å². The molecule has 0 saturated heterocycles. The van der Waals surface area contributed by atoms with Gasteiger partial charge in [-0.2, -0.15) is 8.78 Å². The molecule has 0 amide bonds. The molecule has 0 saturated carbocycles. The molecule has 4 nitrogen and oxygen atoms in total. The van der Waals surface area contributed by atoms with Gasteiger partial charge >= 0.3 is 11.7 Å². The molecule has 0 radical (unpaired) electrons. The second kappa shape index (κ2) is 4.79. The van der Waals surface area contributed by atoms with Crippen LogP contribution in [0.2, 0.25) is 0 Å². The average Bonchev–Trinajstić information content (AvgIpc) is 2.27. The van der Waals surface area contributed by atoms with Gasteiger partial charge in [0.15, 0.2) is 0 Å². The zero-order valence-electron chi connectivity index (χ0n) is 8.85. The van der Waals surface area contributed by atoms with Gasteiger partial charge in [-0.3, -0.25) is 0 Å². The summed E-state index contributed by atoms with van der Waals surface area (Å²) >= 11 is 0. The van der Waals surface area contributed by atoms with E-state index in [1.54, 1.807) is 6.92 Å². The number of sulfone groups is 1. The zero-order chi connectivity index (χ0) is 13.2. The Morgan fingerprint density at radius 3 is 2.35 bits per heavy atom. The van der Waals surface area contributed by atoms with Crippen LogP contribution in [0.3, 0.4) is 0 Å². The molecule has 0 atom stereocenters. The minimum absolute atomic E-state index is 0.316. The van der Waals surface area contributed by atoms with Gasteiger partial charge in [0.2, 0.25) is 9.84 Å². The first-order chi connectivity index (χ1) is 7.78. The van der Waals surface area contributed by atoms with Crippen LogP contribution in [0.15, 0.2) is 23.1 Å². The van der Waals surface area contributed by atoms with Crippen molar-refractivity contribution in [1.82, 2.24) is 0 Å². The topological polar surface area (TPSA) is 71.4 Å². The van der Waals surface area contributed by atoms with E-state index in [0.717, 1.165) is 12.1 Å². The third-order valence-electron chi connectivity index (χ3n) is 2.18. The van der Waals surface area contributed by atoms with Crippen LogP contribution in [0, 0.1) is 0 Å². The number of hydrogen-bond acceptors (Lipinski definition) is 3. The molecule has 0 fully saturated rings. The van der Waals surface area contributed by atoms with Crippen LogP contribution in [0.1, 0.15) is 22.8 Å². The predicted molar refractivity (Wildman–Crippen MR) is 56.0 cm³/mol. The maximum absolute atomic E-state index is 12.3. The van der Waals surface area contributed by atoms with E-state index in [9.17, 15) is 22.0 Å². The summed E-state index contributed by atoms with van der Waals surface area (Å²) in [4.78, 5) is 10.1. The van der Waals surface area contributed by atoms with E-state index in [1.165, 1.54) is 6.07 Å². The lowest BCUT2D eigenvalue weighted by molar-refractivity contribution is 0.0696. The highest BCUT2D eigenvalue weighted by Crippen LogP contribution is 2.21. The Labute approximate surface area is 96.8 Å². The van der Waals surface area contributed by atoms with Crippen molar-refractivity contribution in [2.24, 2.45) is 0 Å². The largest absolute Gasteiger partial charge is 0.478 e. The van der Waals surface area contributed by atoms with E-state index < -0.39 is 26.5 Å². The highest BCUT2D eigenvalue weighted by Gasteiger charge is 2.27. The van der Waals surface area contributed by atoms with Gasteiger partial charge in [0.25, 0.3) is 0 Å². The van der Waals surface area contributed by atoms with Gasteiger partial charge in [-0.1, -0.05) is 6.92 Å². The summed E-state index contributed by atoms with van der Waals surface area (Å²) in [5.41, 5.74) is 0.0627. The summed E-state index contributed by atoms with van der Waals surface area (Å²) in [6.45, 7) is 1.67. The minimum atomic E-state index is -4.76. The Hall–Kier alpha value is -1.50. The van der Waals surface area contributed by atoms with E-state index in [1.807, 2.05) is 0 Å². The Morgan fingerprint density at radius 2 is 1.94 bits per heavy atom. The van der Waals surface area contributed by atoms with Crippen molar-refractivity contribution in [3.8, 4) is 0 Å². The molecule has 0 heterocycles. The third kappa shape index (κ3) is 2.79. The lowest BCUT2D eigenvalue weighted by atomic mass is 10.1. The van der Waals surface area contributed by atoms with Crippen molar-refractivity contribution < 1.29 is 27.1 Å². The third-order valence-corrected chi connectivity index (χ3v) is 3.55. The number of hydrogen-bond donors (Lipinski definition) is 1. The first-order valence-electron chi connectivity index (χ1n) is 4.68. The van der Waals surface area contributed by atoms with E-state index in [0.29, 0.717) is 12.0 Å². The standard InChI is InChI=1S/C10H10F2O4S/c1-2-6-3-7(9(13)14)5-8(4-6)17(15,16)10(11)12/h3-5,10H,2H2,1H3,(H,13,14). The fourth-order valence-electron chi connectivity index (χ4n) is 1.26. The minimum Gasteiger partial charge on any atom is -0.478 e. The number of carbonyl (C=O) groups is 1. The van der Waals surface area contributed by atoms with Crippen molar-refractivity contribution in [3.05, 3.63) is 29.3 Å². The number of aromatic carboxylic acids is 1. The Kier molecular flexibility index (Phi) is 3.82. The van der Waals surface area contributed by atoms with E-state index in [4.69, 9.17) is 5.11 Å². The van der Waals surface area contributed by atoms with Gasteiger partial charge in [-0.05, 0) is 30.2 Å².